The molecule has 0 aliphatic carbocycles. The highest BCUT2D eigenvalue weighted by Crippen LogP contribution is 2.12. The largest absolute Gasteiger partial charge is 0.388 e. The summed E-state index contributed by atoms with van der Waals surface area (Å²) in [6.07, 6.45) is 0. The molecular formula is C12H21N3O3. The maximum atomic E-state index is 11.8. The first-order valence-electron chi connectivity index (χ1n) is 6.04. The first kappa shape index (κ1) is 14.7. The molecule has 0 bridgehead atoms. The highest BCUT2D eigenvalue weighted by Gasteiger charge is 2.20. The second-order valence-corrected chi connectivity index (χ2v) is 4.96. The summed E-state index contributed by atoms with van der Waals surface area (Å²) < 4.78 is 4.76. The van der Waals surface area contributed by atoms with Crippen molar-refractivity contribution in [3.8, 4) is 0 Å². The van der Waals surface area contributed by atoms with Crippen molar-refractivity contribution in [1.29, 1.82) is 0 Å². The highest BCUT2D eigenvalue weighted by molar-refractivity contribution is 5.92. The Morgan fingerprint density at radius 3 is 2.78 bits per heavy atom. The molecule has 0 spiro atoms. The predicted octanol–water partition coefficient (Wildman–Crippen LogP) is 0.532. The number of nitrogens with one attached hydrogen (secondary N) is 2. The molecule has 6 heteroatoms. The van der Waals surface area contributed by atoms with E-state index in [1.165, 1.54) is 6.07 Å². The smallest absolute Gasteiger partial charge is 0.273 e. The number of rotatable bonds is 7. The van der Waals surface area contributed by atoms with Crippen LogP contribution in [-0.2, 0) is 6.61 Å². The van der Waals surface area contributed by atoms with Gasteiger partial charge in [0.15, 0.2) is 11.5 Å². The number of aliphatic hydroxyl groups is 1. The van der Waals surface area contributed by atoms with E-state index in [4.69, 9.17) is 9.63 Å². The maximum Gasteiger partial charge on any atom is 0.273 e. The lowest BCUT2D eigenvalue weighted by atomic mass is 9.93. The molecule has 1 rings (SSSR count). The minimum atomic E-state index is -0.289. The van der Waals surface area contributed by atoms with E-state index in [0.717, 1.165) is 13.1 Å². The summed E-state index contributed by atoms with van der Waals surface area (Å²) in [5.74, 6) is -0.00455. The van der Waals surface area contributed by atoms with Gasteiger partial charge in [0.1, 0.15) is 6.61 Å². The fraction of sp³-hybridized carbons (Fsp3) is 0.667. The van der Waals surface area contributed by atoms with Gasteiger partial charge in [-0.3, -0.25) is 4.79 Å². The van der Waals surface area contributed by atoms with Gasteiger partial charge in [-0.05, 0) is 12.0 Å². The van der Waals surface area contributed by atoms with E-state index in [-0.39, 0.29) is 29.4 Å². The first-order chi connectivity index (χ1) is 8.48. The first-order valence-corrected chi connectivity index (χ1v) is 6.04. The van der Waals surface area contributed by atoms with Gasteiger partial charge in [-0.25, -0.2) is 0 Å². The molecule has 0 unspecified atom stereocenters. The number of hydrogen-bond donors (Lipinski definition) is 3. The van der Waals surface area contributed by atoms with Gasteiger partial charge in [-0.1, -0.05) is 25.9 Å². The summed E-state index contributed by atoms with van der Waals surface area (Å²) in [6.45, 7) is 8.19. The van der Waals surface area contributed by atoms with Gasteiger partial charge in [0.25, 0.3) is 5.91 Å². The van der Waals surface area contributed by atoms with Crippen molar-refractivity contribution in [2.75, 3.05) is 19.6 Å². The standard InChI is InChI=1S/C12H21N3O3/c1-4-13-7-12(2,3)8-14-11(17)10-5-9(6-16)18-15-10/h5,13,16H,4,6-8H2,1-3H3,(H,14,17). The van der Waals surface area contributed by atoms with Crippen molar-refractivity contribution in [2.45, 2.75) is 27.4 Å². The zero-order valence-corrected chi connectivity index (χ0v) is 11.1. The number of carbonyl (C=O) groups is 1. The molecule has 1 heterocycles. The number of amides is 1. The number of hydrogen-bond acceptors (Lipinski definition) is 5. The molecule has 0 atom stereocenters. The van der Waals surface area contributed by atoms with E-state index >= 15 is 0 Å². The zero-order chi connectivity index (χ0) is 13.6. The molecule has 1 amide bonds. The van der Waals surface area contributed by atoms with Crippen molar-refractivity contribution >= 4 is 5.91 Å². The molecule has 6 nitrogen and oxygen atoms in total. The van der Waals surface area contributed by atoms with E-state index < -0.39 is 0 Å². The van der Waals surface area contributed by atoms with Crippen LogP contribution in [0, 0.1) is 5.41 Å². The summed E-state index contributed by atoms with van der Waals surface area (Å²) in [4.78, 5) is 11.8. The van der Waals surface area contributed by atoms with Crippen LogP contribution in [0.2, 0.25) is 0 Å². The van der Waals surface area contributed by atoms with E-state index in [9.17, 15) is 4.79 Å². The van der Waals surface area contributed by atoms with Crippen LogP contribution in [0.15, 0.2) is 10.6 Å². The van der Waals surface area contributed by atoms with Crippen LogP contribution in [0.5, 0.6) is 0 Å². The van der Waals surface area contributed by atoms with Crippen LogP contribution in [-0.4, -0.2) is 35.8 Å². The summed E-state index contributed by atoms with van der Waals surface area (Å²) in [6, 6.07) is 1.44. The normalized spacial score (nSPS) is 11.6. The quantitative estimate of drug-likeness (QED) is 0.661. The molecule has 0 radical (unpaired) electrons. The third-order valence-corrected chi connectivity index (χ3v) is 2.53. The SMILES string of the molecule is CCNCC(C)(C)CNC(=O)c1cc(CO)on1. The third-order valence-electron chi connectivity index (χ3n) is 2.53. The van der Waals surface area contributed by atoms with E-state index in [1.807, 2.05) is 6.92 Å². The fourth-order valence-corrected chi connectivity index (χ4v) is 1.43. The Balaban J connectivity index is 2.45. The second-order valence-electron chi connectivity index (χ2n) is 4.96. The molecule has 0 aliphatic heterocycles. The summed E-state index contributed by atoms with van der Waals surface area (Å²) >= 11 is 0. The minimum Gasteiger partial charge on any atom is -0.388 e. The Labute approximate surface area is 107 Å². The highest BCUT2D eigenvalue weighted by atomic mass is 16.5. The Morgan fingerprint density at radius 1 is 1.50 bits per heavy atom. The van der Waals surface area contributed by atoms with E-state index in [1.54, 1.807) is 0 Å². The second kappa shape index (κ2) is 6.51. The molecule has 1 aromatic heterocycles. The molecule has 1 aromatic rings. The molecule has 0 aromatic carbocycles. The molecule has 0 fully saturated rings. The molecular weight excluding hydrogens is 234 g/mol. The molecule has 3 N–H and O–H groups in total. The number of aliphatic hydroxyl groups excluding tert-OH is 1. The van der Waals surface area contributed by atoms with Crippen molar-refractivity contribution in [3.63, 3.8) is 0 Å². The lowest BCUT2D eigenvalue weighted by molar-refractivity contribution is 0.0927. The Kier molecular flexibility index (Phi) is 5.30. The van der Waals surface area contributed by atoms with Crippen molar-refractivity contribution in [2.24, 2.45) is 5.41 Å². The predicted molar refractivity (Wildman–Crippen MR) is 67.1 cm³/mol. The van der Waals surface area contributed by atoms with E-state index in [2.05, 4.69) is 29.6 Å². The molecule has 0 saturated carbocycles. The molecule has 0 aliphatic rings. The fourth-order valence-electron chi connectivity index (χ4n) is 1.43. The molecule has 18 heavy (non-hydrogen) atoms. The summed E-state index contributed by atoms with van der Waals surface area (Å²) in [7, 11) is 0. The van der Waals surface area contributed by atoms with Crippen molar-refractivity contribution in [1.82, 2.24) is 15.8 Å². The topological polar surface area (TPSA) is 87.4 Å². The summed E-state index contributed by atoms with van der Waals surface area (Å²) in [5.41, 5.74) is 0.160. The van der Waals surface area contributed by atoms with Gasteiger partial charge < -0.3 is 20.3 Å². The van der Waals surface area contributed by atoms with Crippen LogP contribution in [0.4, 0.5) is 0 Å². The Bertz CT molecular complexity index is 388. The number of nitrogens with zero attached hydrogens (tertiary/aromatic N) is 1. The molecule has 0 saturated heterocycles. The summed E-state index contributed by atoms with van der Waals surface area (Å²) in [5, 5.41) is 18.5. The zero-order valence-electron chi connectivity index (χ0n) is 11.1. The monoisotopic (exact) mass is 255 g/mol. The molecule has 102 valence electrons. The average Bonchev–Trinajstić information content (AvgIpc) is 2.82. The van der Waals surface area contributed by atoms with Crippen LogP contribution in [0.25, 0.3) is 0 Å². The lowest BCUT2D eigenvalue weighted by Gasteiger charge is -2.24. The van der Waals surface area contributed by atoms with Crippen molar-refractivity contribution < 1.29 is 14.4 Å². The van der Waals surface area contributed by atoms with Gasteiger partial charge >= 0.3 is 0 Å². The number of aromatic nitrogens is 1. The van der Waals surface area contributed by atoms with Crippen LogP contribution < -0.4 is 10.6 Å². The lowest BCUT2D eigenvalue weighted by Crippen LogP contribution is -2.40. The maximum absolute atomic E-state index is 11.8. The average molecular weight is 255 g/mol. The Morgan fingerprint density at radius 2 is 2.22 bits per heavy atom. The Hall–Kier alpha value is -1.40. The van der Waals surface area contributed by atoms with Gasteiger partial charge in [-0.15, -0.1) is 0 Å². The van der Waals surface area contributed by atoms with E-state index in [0.29, 0.717) is 6.54 Å². The van der Waals surface area contributed by atoms with Crippen LogP contribution >= 0.6 is 0 Å². The van der Waals surface area contributed by atoms with Gasteiger partial charge in [0.05, 0.1) is 0 Å². The van der Waals surface area contributed by atoms with Crippen molar-refractivity contribution in [3.05, 3.63) is 17.5 Å². The third kappa shape index (κ3) is 4.46. The van der Waals surface area contributed by atoms with Crippen LogP contribution in [0.1, 0.15) is 37.0 Å². The minimum absolute atomic E-state index is 0.0325. The van der Waals surface area contributed by atoms with Crippen LogP contribution in [0.3, 0.4) is 0 Å². The number of carbonyl (C=O) groups excluding carboxylic acids is 1. The van der Waals surface area contributed by atoms with Gasteiger partial charge in [0.2, 0.25) is 0 Å². The van der Waals surface area contributed by atoms with Gasteiger partial charge in [0, 0.05) is 19.2 Å². The van der Waals surface area contributed by atoms with Gasteiger partial charge in [-0.2, -0.15) is 0 Å².